The Hall–Kier alpha value is -2.09. The molecule has 2 amide bonds. The molecule has 0 bridgehead atoms. The van der Waals surface area contributed by atoms with E-state index in [1.807, 2.05) is 31.2 Å². The van der Waals surface area contributed by atoms with Crippen molar-refractivity contribution in [2.24, 2.45) is 11.8 Å². The molecule has 2 aliphatic rings. The maximum atomic E-state index is 12.8. The summed E-state index contributed by atoms with van der Waals surface area (Å²) in [7, 11) is -1.47. The third kappa shape index (κ3) is 4.43. The number of carbonyl (C=O) groups is 2. The van der Waals surface area contributed by atoms with Gasteiger partial charge in [-0.05, 0) is 25.8 Å². The van der Waals surface area contributed by atoms with Crippen LogP contribution in [0.2, 0.25) is 0 Å². The molecule has 1 aromatic rings. The van der Waals surface area contributed by atoms with Crippen LogP contribution in [0.4, 0.5) is 0 Å². The molecule has 0 spiro atoms. The van der Waals surface area contributed by atoms with E-state index < -0.39 is 9.84 Å². The molecule has 0 radical (unpaired) electrons. The highest BCUT2D eigenvalue weighted by molar-refractivity contribution is 7.91. The summed E-state index contributed by atoms with van der Waals surface area (Å²) >= 11 is 0. The van der Waals surface area contributed by atoms with Crippen LogP contribution in [0.1, 0.15) is 25.3 Å². The monoisotopic (exact) mass is 394 g/mol. The van der Waals surface area contributed by atoms with Crippen LogP contribution >= 0.6 is 0 Å². The predicted molar refractivity (Wildman–Crippen MR) is 101 cm³/mol. The summed E-state index contributed by atoms with van der Waals surface area (Å²) in [5, 5.41) is 2.87. The van der Waals surface area contributed by atoms with Crippen molar-refractivity contribution in [3.05, 3.63) is 29.8 Å². The fourth-order valence-electron chi connectivity index (χ4n) is 3.75. The lowest BCUT2D eigenvalue weighted by Gasteiger charge is -2.27. The van der Waals surface area contributed by atoms with Gasteiger partial charge >= 0.3 is 0 Å². The Morgan fingerprint density at radius 3 is 2.63 bits per heavy atom. The fraction of sp³-hybridized carbons (Fsp3) is 0.579. The van der Waals surface area contributed by atoms with E-state index >= 15 is 0 Å². The van der Waals surface area contributed by atoms with Gasteiger partial charge < -0.3 is 15.0 Å². The number of methoxy groups -OCH3 is 1. The van der Waals surface area contributed by atoms with Crippen molar-refractivity contribution in [1.82, 2.24) is 10.2 Å². The largest absolute Gasteiger partial charge is 0.496 e. The zero-order chi connectivity index (χ0) is 19.6. The molecule has 27 heavy (non-hydrogen) atoms. The number of para-hydroxylation sites is 1. The molecule has 8 heteroatoms. The van der Waals surface area contributed by atoms with Gasteiger partial charge in [-0.25, -0.2) is 8.42 Å². The Bertz CT molecular complexity index is 823. The highest BCUT2D eigenvalue weighted by Gasteiger charge is 2.50. The van der Waals surface area contributed by atoms with E-state index in [-0.39, 0.29) is 41.2 Å². The van der Waals surface area contributed by atoms with Gasteiger partial charge in [-0.3, -0.25) is 9.59 Å². The molecule has 148 valence electrons. The quantitative estimate of drug-likeness (QED) is 0.744. The summed E-state index contributed by atoms with van der Waals surface area (Å²) in [5.41, 5.74) is 0.878. The third-order valence-corrected chi connectivity index (χ3v) is 7.11. The average Bonchev–Trinajstić information content (AvgIpc) is 3.38. The molecule has 1 aromatic carbocycles. The Labute approximate surface area is 160 Å². The van der Waals surface area contributed by atoms with Gasteiger partial charge in [-0.15, -0.1) is 0 Å². The van der Waals surface area contributed by atoms with E-state index in [1.165, 1.54) is 0 Å². The standard InChI is InChI=1S/C19H26N2O5S/c1-3-21(14-8-9-27(24,25)12-14)19(23)16-10-15(16)18(22)20-11-13-6-4-5-7-17(13)26-2/h4-7,14-16H,3,8-12H2,1-2H3,(H,20,22). The second-order valence-electron chi connectivity index (χ2n) is 7.16. The number of nitrogens with zero attached hydrogens (tertiary/aromatic N) is 1. The first-order chi connectivity index (χ1) is 12.9. The lowest BCUT2D eigenvalue weighted by molar-refractivity contribution is -0.136. The maximum absolute atomic E-state index is 12.8. The van der Waals surface area contributed by atoms with Gasteiger partial charge in [-0.1, -0.05) is 18.2 Å². The SMILES string of the molecule is CCN(C(=O)C1CC1C(=O)NCc1ccccc1OC)C1CCS(=O)(=O)C1. The van der Waals surface area contributed by atoms with E-state index in [0.717, 1.165) is 5.56 Å². The van der Waals surface area contributed by atoms with Crippen molar-refractivity contribution in [3.63, 3.8) is 0 Å². The van der Waals surface area contributed by atoms with E-state index in [4.69, 9.17) is 4.74 Å². The van der Waals surface area contributed by atoms with Gasteiger partial charge in [0.15, 0.2) is 9.84 Å². The molecule has 1 N–H and O–H groups in total. The van der Waals surface area contributed by atoms with Crippen molar-refractivity contribution < 1.29 is 22.7 Å². The van der Waals surface area contributed by atoms with Gasteiger partial charge in [-0.2, -0.15) is 0 Å². The van der Waals surface area contributed by atoms with Crippen molar-refractivity contribution in [2.75, 3.05) is 25.2 Å². The minimum absolute atomic E-state index is 0.0317. The number of carbonyl (C=O) groups excluding carboxylic acids is 2. The molecule has 1 heterocycles. The molecular weight excluding hydrogens is 368 g/mol. The average molecular weight is 394 g/mol. The summed E-state index contributed by atoms with van der Waals surface area (Å²) in [6, 6.07) is 7.20. The number of sulfone groups is 1. The summed E-state index contributed by atoms with van der Waals surface area (Å²) in [5.74, 6) is -0.0452. The number of hydrogen-bond acceptors (Lipinski definition) is 5. The van der Waals surface area contributed by atoms with Gasteiger partial charge in [0, 0.05) is 24.7 Å². The van der Waals surface area contributed by atoms with Gasteiger partial charge in [0.2, 0.25) is 11.8 Å². The first kappa shape index (κ1) is 19.7. The summed E-state index contributed by atoms with van der Waals surface area (Å²) in [4.78, 5) is 26.8. The van der Waals surface area contributed by atoms with Gasteiger partial charge in [0.1, 0.15) is 5.75 Å². The lowest BCUT2D eigenvalue weighted by atomic mass is 10.1. The topological polar surface area (TPSA) is 92.8 Å². The Balaban J connectivity index is 1.54. The zero-order valence-electron chi connectivity index (χ0n) is 15.7. The summed E-state index contributed by atoms with van der Waals surface area (Å²) in [6.45, 7) is 2.66. The van der Waals surface area contributed by atoms with E-state index in [9.17, 15) is 18.0 Å². The number of ether oxygens (including phenoxy) is 1. The number of rotatable bonds is 7. The molecule has 3 atom stereocenters. The first-order valence-electron chi connectivity index (χ1n) is 9.26. The van der Waals surface area contributed by atoms with Crippen molar-refractivity contribution in [2.45, 2.75) is 32.4 Å². The number of amides is 2. The van der Waals surface area contributed by atoms with Crippen molar-refractivity contribution in [1.29, 1.82) is 0 Å². The summed E-state index contributed by atoms with van der Waals surface area (Å²) in [6.07, 6.45) is 1.01. The molecule has 3 unspecified atom stereocenters. The molecule has 1 aliphatic heterocycles. The van der Waals surface area contributed by atoms with Crippen LogP contribution in [0.15, 0.2) is 24.3 Å². The molecular formula is C19H26N2O5S. The van der Waals surface area contributed by atoms with Crippen LogP contribution in [-0.4, -0.2) is 56.3 Å². The zero-order valence-corrected chi connectivity index (χ0v) is 16.5. The first-order valence-corrected chi connectivity index (χ1v) is 11.1. The maximum Gasteiger partial charge on any atom is 0.226 e. The van der Waals surface area contributed by atoms with E-state index in [1.54, 1.807) is 12.0 Å². The molecule has 7 nitrogen and oxygen atoms in total. The van der Waals surface area contributed by atoms with Gasteiger partial charge in [0.25, 0.3) is 0 Å². The molecule has 0 aromatic heterocycles. The minimum Gasteiger partial charge on any atom is -0.496 e. The number of hydrogen-bond donors (Lipinski definition) is 1. The van der Waals surface area contributed by atoms with E-state index in [2.05, 4.69) is 5.32 Å². The fourth-order valence-corrected chi connectivity index (χ4v) is 5.48. The van der Waals surface area contributed by atoms with Crippen LogP contribution in [0.25, 0.3) is 0 Å². The second kappa shape index (κ2) is 7.88. The molecule has 1 saturated heterocycles. The molecule has 2 fully saturated rings. The van der Waals surface area contributed by atoms with E-state index in [0.29, 0.717) is 31.7 Å². The predicted octanol–water partition coefficient (Wildman–Crippen LogP) is 0.983. The van der Waals surface area contributed by atoms with Gasteiger partial charge in [0.05, 0.1) is 30.5 Å². The molecule has 1 saturated carbocycles. The number of benzene rings is 1. The lowest BCUT2D eigenvalue weighted by Crippen LogP contribution is -2.42. The highest BCUT2D eigenvalue weighted by atomic mass is 32.2. The smallest absolute Gasteiger partial charge is 0.226 e. The van der Waals surface area contributed by atoms with Crippen LogP contribution < -0.4 is 10.1 Å². The highest BCUT2D eigenvalue weighted by Crippen LogP contribution is 2.41. The van der Waals surface area contributed by atoms with Crippen LogP contribution in [0.5, 0.6) is 5.75 Å². The summed E-state index contributed by atoms with van der Waals surface area (Å²) < 4.78 is 28.7. The van der Waals surface area contributed by atoms with Crippen molar-refractivity contribution >= 4 is 21.7 Å². The minimum atomic E-state index is -3.05. The Morgan fingerprint density at radius 1 is 1.26 bits per heavy atom. The van der Waals surface area contributed by atoms with Crippen molar-refractivity contribution in [3.8, 4) is 5.75 Å². The third-order valence-electron chi connectivity index (χ3n) is 5.36. The molecule has 1 aliphatic carbocycles. The van der Waals surface area contributed by atoms with Crippen LogP contribution in [-0.2, 0) is 26.0 Å². The van der Waals surface area contributed by atoms with Crippen LogP contribution in [0, 0.1) is 11.8 Å². The molecule has 3 rings (SSSR count). The normalized spacial score (nSPS) is 25.6. The Kier molecular flexibility index (Phi) is 5.74. The second-order valence-corrected chi connectivity index (χ2v) is 9.39. The Morgan fingerprint density at radius 2 is 2.00 bits per heavy atom. The number of nitrogens with one attached hydrogen (secondary N) is 1. The van der Waals surface area contributed by atoms with Crippen LogP contribution in [0.3, 0.4) is 0 Å².